The maximum atomic E-state index is 9.56. The highest BCUT2D eigenvalue weighted by molar-refractivity contribution is 5.96. The van der Waals surface area contributed by atoms with Gasteiger partial charge in [-0.3, -0.25) is 10.8 Å². The van der Waals surface area contributed by atoms with Gasteiger partial charge in [-0.05, 0) is 64.7 Å². The molecular weight excluding hydrogens is 480 g/mol. The van der Waals surface area contributed by atoms with Gasteiger partial charge >= 0.3 is 0 Å². The second-order valence-corrected chi connectivity index (χ2v) is 8.30. The van der Waals surface area contributed by atoms with E-state index in [-0.39, 0.29) is 34.7 Å². The fourth-order valence-corrected chi connectivity index (χ4v) is 3.34. The van der Waals surface area contributed by atoms with Gasteiger partial charge in [0.25, 0.3) is 0 Å². The number of nitrogens with one attached hydrogen (secondary N) is 2. The number of aromatic hydroxyl groups is 4. The Morgan fingerprint density at radius 3 is 1.32 bits per heavy atom. The first-order valence-electron chi connectivity index (χ1n) is 11.4. The summed E-state index contributed by atoms with van der Waals surface area (Å²) in [4.78, 5) is 0. The van der Waals surface area contributed by atoms with Crippen LogP contribution in [0, 0.1) is 10.8 Å². The second kappa shape index (κ2) is 12.5. The van der Waals surface area contributed by atoms with Crippen molar-refractivity contribution in [2.75, 3.05) is 0 Å². The molecule has 38 heavy (non-hydrogen) atoms. The lowest BCUT2D eigenvalue weighted by Gasteiger charge is -2.02. The summed E-state index contributed by atoms with van der Waals surface area (Å²) < 4.78 is 0. The summed E-state index contributed by atoms with van der Waals surface area (Å²) in [5.41, 5.74) is 15.2. The minimum Gasteiger partial charge on any atom is -0.508 e. The molecular formula is C30H28N4O4. The van der Waals surface area contributed by atoms with Crippen molar-refractivity contribution in [3.05, 3.63) is 118 Å². The molecule has 0 saturated carbocycles. The van der Waals surface area contributed by atoms with Gasteiger partial charge in [-0.15, -0.1) is 0 Å². The molecule has 4 aromatic rings. The van der Waals surface area contributed by atoms with Gasteiger partial charge < -0.3 is 31.9 Å². The number of phenolic OH excluding ortho intramolecular Hbond substituents is 4. The summed E-state index contributed by atoms with van der Waals surface area (Å²) in [6.45, 7) is 0. The molecule has 0 radical (unpaired) electrons. The molecule has 0 amide bonds. The zero-order chi connectivity index (χ0) is 27.7. The molecule has 0 unspecified atom stereocenters. The van der Waals surface area contributed by atoms with Crippen molar-refractivity contribution >= 4 is 36.0 Å². The first-order valence-corrected chi connectivity index (χ1v) is 11.4. The van der Waals surface area contributed by atoms with Gasteiger partial charge in [-0.25, -0.2) is 0 Å². The lowest BCUT2D eigenvalue weighted by atomic mass is 10.1. The lowest BCUT2D eigenvalue weighted by Crippen LogP contribution is -2.10. The van der Waals surface area contributed by atoms with Crippen molar-refractivity contribution < 1.29 is 20.4 Å². The monoisotopic (exact) mass is 508 g/mol. The van der Waals surface area contributed by atoms with E-state index < -0.39 is 0 Å². The first-order chi connectivity index (χ1) is 18.1. The van der Waals surface area contributed by atoms with Crippen molar-refractivity contribution in [1.29, 1.82) is 10.8 Å². The molecule has 0 fully saturated rings. The molecule has 10 N–H and O–H groups in total. The molecule has 192 valence electrons. The second-order valence-electron chi connectivity index (χ2n) is 8.30. The Morgan fingerprint density at radius 2 is 0.842 bits per heavy atom. The number of nitrogen functional groups attached to an aromatic ring is 2. The van der Waals surface area contributed by atoms with Gasteiger partial charge in [0.2, 0.25) is 0 Å². The maximum Gasteiger partial charge on any atom is 0.122 e. The summed E-state index contributed by atoms with van der Waals surface area (Å²) in [7, 11) is 0. The Kier molecular flexibility index (Phi) is 8.88. The van der Waals surface area contributed by atoms with Gasteiger partial charge in [0.1, 0.15) is 34.7 Å². The van der Waals surface area contributed by atoms with E-state index in [2.05, 4.69) is 0 Å². The van der Waals surface area contributed by atoms with Gasteiger partial charge in [-0.1, -0.05) is 60.7 Å². The van der Waals surface area contributed by atoms with Crippen LogP contribution in [-0.2, 0) is 0 Å². The van der Waals surface area contributed by atoms with Gasteiger partial charge in [-0.2, -0.15) is 0 Å². The number of rotatable bonds is 6. The smallest absolute Gasteiger partial charge is 0.122 e. The average molecular weight is 509 g/mol. The third kappa shape index (κ3) is 8.31. The van der Waals surface area contributed by atoms with Crippen LogP contribution in [0.25, 0.3) is 24.3 Å². The van der Waals surface area contributed by atoms with Crippen molar-refractivity contribution in [2.45, 2.75) is 0 Å². The summed E-state index contributed by atoms with van der Waals surface area (Å²) in [6.07, 6.45) is 7.27. The first kappa shape index (κ1) is 27.1. The van der Waals surface area contributed by atoms with Gasteiger partial charge in [0.15, 0.2) is 0 Å². The normalized spacial score (nSPS) is 10.7. The highest BCUT2D eigenvalue weighted by atomic mass is 16.3. The third-order valence-corrected chi connectivity index (χ3v) is 5.23. The topological polar surface area (TPSA) is 181 Å². The zero-order valence-corrected chi connectivity index (χ0v) is 20.3. The molecule has 8 heteroatoms. The molecule has 0 aliphatic rings. The Hall–Kier alpha value is -5.50. The molecule has 0 heterocycles. The molecule has 4 rings (SSSR count). The standard InChI is InChI=1S/2C15H14N2O2/c16-15(17)12-7-11(8-14(19)9-12)2-1-10-3-5-13(18)6-4-10;16-15(17)12-5-3-10(4-6-12)1-2-11-7-13(18)9-14(19)8-11/h2*1-9,18-19H,(H3,16,17). The quantitative estimate of drug-likeness (QED) is 0.102. The number of amidine groups is 2. The molecule has 0 aromatic heterocycles. The van der Waals surface area contributed by atoms with E-state index in [9.17, 15) is 20.4 Å². The fourth-order valence-electron chi connectivity index (χ4n) is 3.34. The fraction of sp³-hybridized carbons (Fsp3) is 0. The predicted molar refractivity (Wildman–Crippen MR) is 152 cm³/mol. The van der Waals surface area contributed by atoms with E-state index >= 15 is 0 Å². The van der Waals surface area contributed by atoms with Crippen molar-refractivity contribution in [3.8, 4) is 23.0 Å². The summed E-state index contributed by atoms with van der Waals surface area (Å²) in [6, 6.07) is 23.1. The van der Waals surface area contributed by atoms with Crippen molar-refractivity contribution in [1.82, 2.24) is 0 Å². The summed E-state index contributed by atoms with van der Waals surface area (Å²) in [5.74, 6) is 0.271. The van der Waals surface area contributed by atoms with Crippen LogP contribution >= 0.6 is 0 Å². The summed E-state index contributed by atoms with van der Waals surface area (Å²) >= 11 is 0. The Bertz CT molecular complexity index is 1470. The van der Waals surface area contributed by atoms with Crippen molar-refractivity contribution in [3.63, 3.8) is 0 Å². The largest absolute Gasteiger partial charge is 0.508 e. The highest BCUT2D eigenvalue weighted by Crippen LogP contribution is 2.22. The van der Waals surface area contributed by atoms with Gasteiger partial charge in [0.05, 0.1) is 0 Å². The third-order valence-electron chi connectivity index (χ3n) is 5.23. The lowest BCUT2D eigenvalue weighted by molar-refractivity contribution is 0.450. The van der Waals surface area contributed by atoms with Crippen LogP contribution in [0.3, 0.4) is 0 Å². The van der Waals surface area contributed by atoms with E-state index in [0.29, 0.717) is 16.7 Å². The minimum absolute atomic E-state index is 0.0200. The number of hydrogen-bond acceptors (Lipinski definition) is 6. The number of benzene rings is 4. The predicted octanol–water partition coefficient (Wildman–Crippen LogP) is 5.10. The van der Waals surface area contributed by atoms with Crippen LogP contribution in [0.15, 0.2) is 84.9 Å². The van der Waals surface area contributed by atoms with E-state index in [1.807, 2.05) is 24.3 Å². The van der Waals surface area contributed by atoms with Crippen LogP contribution in [0.4, 0.5) is 0 Å². The molecule has 0 bridgehead atoms. The number of hydrogen-bond donors (Lipinski definition) is 8. The molecule has 0 saturated heterocycles. The molecule has 0 aliphatic carbocycles. The highest BCUT2D eigenvalue weighted by Gasteiger charge is 2.01. The molecule has 4 aromatic carbocycles. The van der Waals surface area contributed by atoms with E-state index in [1.54, 1.807) is 72.8 Å². The molecule has 0 spiro atoms. The molecule has 0 atom stereocenters. The van der Waals surface area contributed by atoms with Crippen LogP contribution in [0.1, 0.15) is 33.4 Å². The molecule has 0 aliphatic heterocycles. The average Bonchev–Trinajstić information content (AvgIpc) is 2.87. The van der Waals surface area contributed by atoms with Crippen LogP contribution in [0.2, 0.25) is 0 Å². The van der Waals surface area contributed by atoms with Crippen molar-refractivity contribution in [2.24, 2.45) is 11.5 Å². The van der Waals surface area contributed by atoms with E-state index in [4.69, 9.17) is 22.3 Å². The van der Waals surface area contributed by atoms with E-state index in [1.165, 1.54) is 12.1 Å². The molecule has 8 nitrogen and oxygen atoms in total. The summed E-state index contributed by atoms with van der Waals surface area (Å²) in [5, 5.41) is 52.1. The zero-order valence-electron chi connectivity index (χ0n) is 20.3. The Morgan fingerprint density at radius 1 is 0.447 bits per heavy atom. The Balaban J connectivity index is 0.000000211. The van der Waals surface area contributed by atoms with Crippen LogP contribution in [-0.4, -0.2) is 32.1 Å². The number of nitrogens with two attached hydrogens (primary N) is 2. The van der Waals surface area contributed by atoms with Gasteiger partial charge in [0, 0.05) is 17.2 Å². The SMILES string of the molecule is N=C(N)c1cc(O)cc(C=Cc2ccc(O)cc2)c1.N=C(N)c1ccc(C=Cc2cc(O)cc(O)c2)cc1. The van der Waals surface area contributed by atoms with Crippen LogP contribution < -0.4 is 11.5 Å². The van der Waals surface area contributed by atoms with E-state index in [0.717, 1.165) is 16.7 Å². The number of phenols is 4. The Labute approximate surface area is 220 Å². The minimum atomic E-state index is -0.0878. The van der Waals surface area contributed by atoms with Crippen LogP contribution in [0.5, 0.6) is 23.0 Å². The maximum absolute atomic E-state index is 9.56.